The largest absolute Gasteiger partial charge is 0.367 e. The van der Waals surface area contributed by atoms with Crippen LogP contribution in [0.3, 0.4) is 0 Å². The Balaban J connectivity index is 2.37. The van der Waals surface area contributed by atoms with E-state index in [4.69, 9.17) is 4.55 Å². The summed E-state index contributed by atoms with van der Waals surface area (Å²) in [5, 5.41) is 13.0. The van der Waals surface area contributed by atoms with E-state index in [0.717, 1.165) is 0 Å². The molecule has 0 aliphatic rings. The van der Waals surface area contributed by atoms with Gasteiger partial charge in [-0.3, -0.25) is 4.55 Å². The average Bonchev–Trinajstić information content (AvgIpc) is 2.04. The Morgan fingerprint density at radius 2 is 2.31 bits per heavy atom. The zero-order valence-electron chi connectivity index (χ0n) is 6.58. The first-order chi connectivity index (χ1) is 6.08. The second-order valence-electron chi connectivity index (χ2n) is 2.22. The topological polar surface area (TPSA) is 105 Å². The Kier molecular flexibility index (Phi) is 3.09. The van der Waals surface area contributed by atoms with E-state index < -0.39 is 10.1 Å². The number of anilines is 1. The highest BCUT2D eigenvalue weighted by Gasteiger charge is 2.03. The van der Waals surface area contributed by atoms with Crippen molar-refractivity contribution in [2.45, 2.75) is 0 Å². The molecule has 2 N–H and O–H groups in total. The summed E-state index contributed by atoms with van der Waals surface area (Å²) in [6.45, 7) is 0.0809. The minimum atomic E-state index is -3.92. The van der Waals surface area contributed by atoms with Gasteiger partial charge in [-0.2, -0.15) is 8.42 Å². The number of hydrogen-bond acceptors (Lipinski definition) is 6. The Morgan fingerprint density at radius 1 is 1.54 bits per heavy atom. The van der Waals surface area contributed by atoms with Crippen LogP contribution in [0.1, 0.15) is 0 Å². The van der Waals surface area contributed by atoms with Gasteiger partial charge in [-0.1, -0.05) is 0 Å². The van der Waals surface area contributed by atoms with Crippen molar-refractivity contribution < 1.29 is 13.0 Å². The van der Waals surface area contributed by atoms with E-state index in [1.54, 1.807) is 0 Å². The van der Waals surface area contributed by atoms with Gasteiger partial charge in [0, 0.05) is 12.6 Å². The van der Waals surface area contributed by atoms with Crippen LogP contribution in [0.5, 0.6) is 0 Å². The molecule has 0 atom stereocenters. The molecule has 0 saturated heterocycles. The van der Waals surface area contributed by atoms with Gasteiger partial charge in [0.15, 0.2) is 5.82 Å². The van der Waals surface area contributed by atoms with Gasteiger partial charge in [-0.05, 0) is 5.21 Å². The molecule has 0 aromatic carbocycles. The number of nitrogens with one attached hydrogen (secondary N) is 1. The van der Waals surface area contributed by atoms with Crippen LogP contribution in [0.15, 0.2) is 12.3 Å². The van der Waals surface area contributed by atoms with Gasteiger partial charge in [-0.25, -0.2) is 0 Å². The molecule has 0 unspecified atom stereocenters. The zero-order chi connectivity index (χ0) is 9.73. The highest BCUT2D eigenvalue weighted by atomic mass is 32.2. The average molecular weight is 204 g/mol. The first-order valence-corrected chi connectivity index (χ1v) is 5.02. The van der Waals surface area contributed by atoms with Crippen LogP contribution in [0.4, 0.5) is 5.82 Å². The van der Waals surface area contributed by atoms with Crippen molar-refractivity contribution in [1.29, 1.82) is 0 Å². The third-order valence-electron chi connectivity index (χ3n) is 1.17. The molecular formula is C5H8N4O3S. The summed E-state index contributed by atoms with van der Waals surface area (Å²) in [4.78, 5) is 0. The van der Waals surface area contributed by atoms with Crippen molar-refractivity contribution in [2.75, 3.05) is 17.6 Å². The van der Waals surface area contributed by atoms with Crippen LogP contribution < -0.4 is 5.32 Å². The van der Waals surface area contributed by atoms with Gasteiger partial charge >= 0.3 is 0 Å². The summed E-state index contributed by atoms with van der Waals surface area (Å²) < 4.78 is 29.0. The molecule has 7 nitrogen and oxygen atoms in total. The highest BCUT2D eigenvalue weighted by molar-refractivity contribution is 7.85. The summed E-state index contributed by atoms with van der Waals surface area (Å²) in [5.41, 5.74) is 0. The van der Waals surface area contributed by atoms with Crippen molar-refractivity contribution in [2.24, 2.45) is 0 Å². The molecule has 72 valence electrons. The predicted octanol–water partition coefficient (Wildman–Crippen LogP) is -0.829. The molecule has 0 fully saturated rings. The van der Waals surface area contributed by atoms with Gasteiger partial charge < -0.3 is 5.32 Å². The summed E-state index contributed by atoms with van der Waals surface area (Å²) in [7, 11) is -3.92. The normalized spacial score (nSPS) is 11.2. The molecule has 13 heavy (non-hydrogen) atoms. The van der Waals surface area contributed by atoms with Crippen LogP contribution >= 0.6 is 0 Å². The predicted molar refractivity (Wildman–Crippen MR) is 44.7 cm³/mol. The molecule has 0 saturated carbocycles. The molecule has 8 heteroatoms. The Labute approximate surface area is 74.9 Å². The summed E-state index contributed by atoms with van der Waals surface area (Å²) in [5.74, 6) is 0.0513. The maximum atomic E-state index is 10.3. The molecule has 0 aliphatic carbocycles. The summed E-state index contributed by atoms with van der Waals surface area (Å²) >= 11 is 0. The number of rotatable bonds is 4. The molecule has 1 aromatic rings. The van der Waals surface area contributed by atoms with E-state index in [9.17, 15) is 8.42 Å². The van der Waals surface area contributed by atoms with Crippen LogP contribution in [0.2, 0.25) is 0 Å². The number of nitrogens with zero attached hydrogens (tertiary/aromatic N) is 3. The standard InChI is InChI=1S/C5H8N4O3S/c10-13(11,12)4-3-6-5-1-2-7-9-8-5/h1-2H,3-4H2,(H,6,7,8)(H,10,11,12). The molecule has 1 heterocycles. The molecule has 0 radical (unpaired) electrons. The summed E-state index contributed by atoms with van der Waals surface area (Å²) in [6, 6.07) is 1.54. The van der Waals surface area contributed by atoms with Gasteiger partial charge in [0.1, 0.15) is 0 Å². The van der Waals surface area contributed by atoms with Crippen LogP contribution in [-0.4, -0.2) is 40.7 Å². The van der Waals surface area contributed by atoms with E-state index in [1.807, 2.05) is 0 Å². The first kappa shape index (κ1) is 9.81. The van der Waals surface area contributed by atoms with Gasteiger partial charge in [0.2, 0.25) is 0 Å². The monoisotopic (exact) mass is 204 g/mol. The molecule has 0 aliphatic heterocycles. The van der Waals surface area contributed by atoms with Gasteiger partial charge in [0.25, 0.3) is 10.1 Å². The fourth-order valence-corrected chi connectivity index (χ4v) is 1.00. The third-order valence-corrected chi connectivity index (χ3v) is 1.89. The zero-order valence-corrected chi connectivity index (χ0v) is 7.40. The maximum Gasteiger partial charge on any atom is 0.266 e. The molecule has 0 spiro atoms. The quantitative estimate of drug-likeness (QED) is 0.616. The summed E-state index contributed by atoms with van der Waals surface area (Å²) in [6.07, 6.45) is 1.42. The second-order valence-corrected chi connectivity index (χ2v) is 3.79. The Morgan fingerprint density at radius 3 is 2.85 bits per heavy atom. The highest BCUT2D eigenvalue weighted by Crippen LogP contribution is 1.95. The number of hydrogen-bond donors (Lipinski definition) is 2. The molecule has 1 aromatic heterocycles. The lowest BCUT2D eigenvalue weighted by Gasteiger charge is -2.00. The molecule has 0 amide bonds. The first-order valence-electron chi connectivity index (χ1n) is 3.41. The van der Waals surface area contributed by atoms with Crippen molar-refractivity contribution in [3.63, 3.8) is 0 Å². The maximum absolute atomic E-state index is 10.3. The van der Waals surface area contributed by atoms with Crippen molar-refractivity contribution in [3.8, 4) is 0 Å². The fourth-order valence-electron chi connectivity index (χ4n) is 0.643. The van der Waals surface area contributed by atoms with E-state index in [0.29, 0.717) is 5.82 Å². The smallest absolute Gasteiger partial charge is 0.266 e. The molecule has 0 bridgehead atoms. The second kappa shape index (κ2) is 4.10. The van der Waals surface area contributed by atoms with Crippen LogP contribution in [-0.2, 0) is 10.1 Å². The van der Waals surface area contributed by atoms with Crippen LogP contribution in [0.25, 0.3) is 0 Å². The number of aromatic nitrogens is 3. The lowest BCUT2D eigenvalue weighted by molar-refractivity contribution is 0.484. The van der Waals surface area contributed by atoms with Crippen LogP contribution in [0, 0.1) is 0 Å². The van der Waals surface area contributed by atoms with Gasteiger partial charge in [-0.15, -0.1) is 10.2 Å². The third kappa shape index (κ3) is 4.33. The fraction of sp³-hybridized carbons (Fsp3) is 0.400. The van der Waals surface area contributed by atoms with E-state index >= 15 is 0 Å². The van der Waals surface area contributed by atoms with E-state index in [1.165, 1.54) is 12.3 Å². The minimum absolute atomic E-state index is 0.0809. The van der Waals surface area contributed by atoms with Crippen molar-refractivity contribution in [3.05, 3.63) is 12.3 Å². The SMILES string of the molecule is O=S(=O)(O)CCNc1ccnnn1. The van der Waals surface area contributed by atoms with E-state index in [-0.39, 0.29) is 12.3 Å². The Bertz CT molecular complexity index is 351. The van der Waals surface area contributed by atoms with Gasteiger partial charge in [0.05, 0.1) is 11.9 Å². The Hall–Kier alpha value is -1.28. The molecular weight excluding hydrogens is 196 g/mol. The van der Waals surface area contributed by atoms with E-state index in [2.05, 4.69) is 20.7 Å². The lowest BCUT2D eigenvalue weighted by atomic mass is 10.6. The minimum Gasteiger partial charge on any atom is -0.367 e. The van der Waals surface area contributed by atoms with Crippen molar-refractivity contribution in [1.82, 2.24) is 15.4 Å². The lowest BCUT2D eigenvalue weighted by Crippen LogP contribution is -2.15. The van der Waals surface area contributed by atoms with Crippen molar-refractivity contribution >= 4 is 15.9 Å². The molecule has 1 rings (SSSR count).